The predicted molar refractivity (Wildman–Crippen MR) is 74.6 cm³/mol. The first-order valence-electron chi connectivity index (χ1n) is 5.13. The second-order valence-corrected chi connectivity index (χ2v) is 5.18. The van der Waals surface area contributed by atoms with Crippen LogP contribution in [0.25, 0.3) is 11.3 Å². The minimum atomic E-state index is -0.0446. The summed E-state index contributed by atoms with van der Waals surface area (Å²) in [6, 6.07) is 9.34. The van der Waals surface area contributed by atoms with Crippen molar-refractivity contribution in [2.24, 2.45) is 7.05 Å². The van der Waals surface area contributed by atoms with E-state index in [0.717, 1.165) is 16.8 Å². The van der Waals surface area contributed by atoms with Gasteiger partial charge in [0.15, 0.2) is 0 Å². The molecule has 0 atom stereocenters. The van der Waals surface area contributed by atoms with Crippen molar-refractivity contribution in [2.45, 2.75) is 6.92 Å². The lowest BCUT2D eigenvalue weighted by Crippen LogP contribution is -2.18. The molecule has 0 N–H and O–H groups in total. The highest BCUT2D eigenvalue weighted by molar-refractivity contribution is 9.10. The number of nitrogens with zero attached hydrogens (tertiary/aromatic N) is 1. The molecule has 0 aliphatic rings. The molecule has 2 aromatic rings. The van der Waals surface area contributed by atoms with Crippen molar-refractivity contribution in [1.82, 2.24) is 4.57 Å². The topological polar surface area (TPSA) is 22.0 Å². The van der Waals surface area contributed by atoms with Crippen LogP contribution in [0.2, 0.25) is 5.02 Å². The zero-order valence-corrected chi connectivity index (χ0v) is 11.8. The number of rotatable bonds is 1. The van der Waals surface area contributed by atoms with Gasteiger partial charge in [-0.3, -0.25) is 4.79 Å². The Labute approximate surface area is 113 Å². The zero-order valence-electron chi connectivity index (χ0n) is 9.50. The summed E-state index contributed by atoms with van der Waals surface area (Å²) in [5, 5.41) is 0.702. The fourth-order valence-electron chi connectivity index (χ4n) is 1.79. The van der Waals surface area contributed by atoms with Crippen LogP contribution in [0.15, 0.2) is 39.6 Å². The molecule has 2 rings (SSSR count). The van der Waals surface area contributed by atoms with Gasteiger partial charge in [0.25, 0.3) is 5.56 Å². The SMILES string of the molecule is Cc1cc(Cl)ccc1-c1ccc(Br)c(=O)n1C. The molecule has 1 aromatic heterocycles. The van der Waals surface area contributed by atoms with Gasteiger partial charge in [0.1, 0.15) is 0 Å². The Morgan fingerprint density at radius 2 is 1.94 bits per heavy atom. The zero-order chi connectivity index (χ0) is 12.6. The van der Waals surface area contributed by atoms with Gasteiger partial charge in [-0.1, -0.05) is 17.7 Å². The van der Waals surface area contributed by atoms with Crippen LogP contribution in [0, 0.1) is 6.92 Å². The van der Waals surface area contributed by atoms with Crippen molar-refractivity contribution in [3.63, 3.8) is 0 Å². The molecule has 1 heterocycles. The molecular weight excluding hydrogens is 302 g/mol. The molecular formula is C13H11BrClNO. The highest BCUT2D eigenvalue weighted by Gasteiger charge is 2.08. The van der Waals surface area contributed by atoms with E-state index in [0.29, 0.717) is 9.50 Å². The van der Waals surface area contributed by atoms with E-state index in [1.165, 1.54) is 0 Å². The van der Waals surface area contributed by atoms with Gasteiger partial charge in [0, 0.05) is 17.6 Å². The lowest BCUT2D eigenvalue weighted by atomic mass is 10.1. The molecule has 4 heteroatoms. The Morgan fingerprint density at radius 1 is 1.24 bits per heavy atom. The average molecular weight is 313 g/mol. The molecule has 0 bridgehead atoms. The van der Waals surface area contributed by atoms with Crippen LogP contribution in [-0.4, -0.2) is 4.57 Å². The first-order chi connectivity index (χ1) is 8.00. The number of aromatic nitrogens is 1. The van der Waals surface area contributed by atoms with Gasteiger partial charge in [0.2, 0.25) is 0 Å². The Hall–Kier alpha value is -1.06. The van der Waals surface area contributed by atoms with Crippen LogP contribution in [-0.2, 0) is 7.05 Å². The largest absolute Gasteiger partial charge is 0.310 e. The number of aryl methyl sites for hydroxylation is 1. The quantitative estimate of drug-likeness (QED) is 0.785. The van der Waals surface area contributed by atoms with Crippen molar-refractivity contribution >= 4 is 27.5 Å². The maximum Gasteiger partial charge on any atom is 0.265 e. The lowest BCUT2D eigenvalue weighted by molar-refractivity contribution is 0.863. The van der Waals surface area contributed by atoms with Gasteiger partial charge in [-0.25, -0.2) is 0 Å². The van der Waals surface area contributed by atoms with E-state index < -0.39 is 0 Å². The van der Waals surface area contributed by atoms with Crippen LogP contribution in [0.5, 0.6) is 0 Å². The molecule has 0 spiro atoms. The van der Waals surface area contributed by atoms with Gasteiger partial charge >= 0.3 is 0 Å². The first kappa shape index (κ1) is 12.4. The van der Waals surface area contributed by atoms with Crippen LogP contribution >= 0.6 is 27.5 Å². The van der Waals surface area contributed by atoms with Gasteiger partial charge in [0.05, 0.1) is 10.2 Å². The summed E-state index contributed by atoms with van der Waals surface area (Å²) in [6.07, 6.45) is 0. The van der Waals surface area contributed by atoms with Gasteiger partial charge < -0.3 is 4.57 Å². The van der Waals surface area contributed by atoms with E-state index in [9.17, 15) is 4.79 Å². The third kappa shape index (κ3) is 2.31. The molecule has 1 aromatic carbocycles. The summed E-state index contributed by atoms with van der Waals surface area (Å²) in [5.41, 5.74) is 2.90. The molecule has 2 nitrogen and oxygen atoms in total. The summed E-state index contributed by atoms with van der Waals surface area (Å²) in [4.78, 5) is 11.8. The Morgan fingerprint density at radius 3 is 2.59 bits per heavy atom. The fraction of sp³-hybridized carbons (Fsp3) is 0.154. The molecule has 0 saturated heterocycles. The van der Waals surface area contributed by atoms with Crippen molar-refractivity contribution < 1.29 is 0 Å². The van der Waals surface area contributed by atoms with Crippen molar-refractivity contribution in [3.8, 4) is 11.3 Å². The molecule has 0 amide bonds. The molecule has 17 heavy (non-hydrogen) atoms. The minimum absolute atomic E-state index is 0.0446. The van der Waals surface area contributed by atoms with E-state index in [1.807, 2.05) is 31.2 Å². The van der Waals surface area contributed by atoms with Crippen molar-refractivity contribution in [1.29, 1.82) is 0 Å². The van der Waals surface area contributed by atoms with Crippen LogP contribution in [0.1, 0.15) is 5.56 Å². The minimum Gasteiger partial charge on any atom is -0.310 e. The van der Waals surface area contributed by atoms with E-state index in [1.54, 1.807) is 17.7 Å². The Balaban J connectivity index is 2.69. The summed E-state index contributed by atoms with van der Waals surface area (Å²) in [7, 11) is 1.76. The standard InChI is InChI=1S/C13H11BrClNO/c1-8-7-9(15)3-4-10(8)12-6-5-11(14)13(17)16(12)2/h3-7H,1-2H3. The van der Waals surface area contributed by atoms with Crippen LogP contribution < -0.4 is 5.56 Å². The molecule has 0 saturated carbocycles. The molecule has 0 aliphatic heterocycles. The van der Waals surface area contributed by atoms with Gasteiger partial charge in [-0.15, -0.1) is 0 Å². The summed E-state index contributed by atoms with van der Waals surface area (Å²) in [6.45, 7) is 1.98. The molecule has 0 unspecified atom stereocenters. The Bertz CT molecular complexity index is 634. The summed E-state index contributed by atoms with van der Waals surface area (Å²) in [5.74, 6) is 0. The maximum atomic E-state index is 11.8. The Kier molecular flexibility index (Phi) is 3.40. The highest BCUT2D eigenvalue weighted by atomic mass is 79.9. The van der Waals surface area contributed by atoms with E-state index in [-0.39, 0.29) is 5.56 Å². The predicted octanol–water partition coefficient (Wildman–Crippen LogP) is 3.78. The van der Waals surface area contributed by atoms with Crippen LogP contribution in [0.4, 0.5) is 0 Å². The van der Waals surface area contributed by atoms with E-state index >= 15 is 0 Å². The third-order valence-electron chi connectivity index (χ3n) is 2.72. The normalized spacial score (nSPS) is 10.6. The van der Waals surface area contributed by atoms with Crippen molar-refractivity contribution in [2.75, 3.05) is 0 Å². The van der Waals surface area contributed by atoms with Crippen molar-refractivity contribution in [3.05, 3.63) is 55.7 Å². The van der Waals surface area contributed by atoms with Gasteiger partial charge in [-0.05, 0) is 52.7 Å². The third-order valence-corrected chi connectivity index (χ3v) is 3.56. The van der Waals surface area contributed by atoms with Gasteiger partial charge in [-0.2, -0.15) is 0 Å². The fourth-order valence-corrected chi connectivity index (χ4v) is 2.41. The average Bonchev–Trinajstić information content (AvgIpc) is 2.28. The second-order valence-electron chi connectivity index (χ2n) is 3.89. The number of hydrogen-bond donors (Lipinski definition) is 0. The van der Waals surface area contributed by atoms with E-state index in [2.05, 4.69) is 15.9 Å². The number of benzene rings is 1. The smallest absolute Gasteiger partial charge is 0.265 e. The van der Waals surface area contributed by atoms with E-state index in [4.69, 9.17) is 11.6 Å². The second kappa shape index (κ2) is 4.67. The molecule has 0 aliphatic carbocycles. The van der Waals surface area contributed by atoms with Crippen LogP contribution in [0.3, 0.4) is 0 Å². The summed E-state index contributed by atoms with van der Waals surface area (Å²) < 4.78 is 2.19. The molecule has 88 valence electrons. The number of pyridine rings is 1. The first-order valence-corrected chi connectivity index (χ1v) is 6.30. The lowest BCUT2D eigenvalue weighted by Gasteiger charge is -2.11. The molecule has 0 fully saturated rings. The monoisotopic (exact) mass is 311 g/mol. The number of hydrogen-bond acceptors (Lipinski definition) is 1. The summed E-state index contributed by atoms with van der Waals surface area (Å²) >= 11 is 9.15. The maximum absolute atomic E-state index is 11.8. The highest BCUT2D eigenvalue weighted by Crippen LogP contribution is 2.25. The molecule has 0 radical (unpaired) electrons. The number of halogens is 2.